The minimum Gasteiger partial charge on any atom is -0.501 e. The van der Waals surface area contributed by atoms with Crippen molar-refractivity contribution in [3.05, 3.63) is 198 Å². The fourth-order valence-electron chi connectivity index (χ4n) is 8.88. The van der Waals surface area contributed by atoms with E-state index in [1.165, 1.54) is 44.6 Å². The van der Waals surface area contributed by atoms with Gasteiger partial charge in [0.15, 0.2) is 0 Å². The summed E-state index contributed by atoms with van der Waals surface area (Å²) in [5.41, 5.74) is 18.0. The van der Waals surface area contributed by atoms with Gasteiger partial charge in [-0.2, -0.15) is 0 Å². The van der Waals surface area contributed by atoms with Gasteiger partial charge in [-0.1, -0.05) is 165 Å². The Morgan fingerprint density at radius 3 is 1.85 bits per heavy atom. The van der Waals surface area contributed by atoms with Gasteiger partial charge in [0.1, 0.15) is 5.58 Å². The van der Waals surface area contributed by atoms with Crippen molar-refractivity contribution in [2.24, 2.45) is 0 Å². The predicted octanol–water partition coefficient (Wildman–Crippen LogP) is 17.1. The number of benzene rings is 7. The molecule has 5 heteroatoms. The van der Waals surface area contributed by atoms with Gasteiger partial charge >= 0.3 is 0 Å². The number of hydrogen-bond acceptors (Lipinski definition) is 3. The molecule has 0 fully saturated rings. The molecule has 0 atom stereocenters. The van der Waals surface area contributed by atoms with Crippen molar-refractivity contribution < 1.29 is 24.5 Å². The van der Waals surface area contributed by atoms with Gasteiger partial charge in [0.05, 0.1) is 22.4 Å². The molecule has 10 rings (SSSR count). The molecule has 0 N–H and O–H groups in total. The number of nitrogens with zero attached hydrogens (tertiary/aromatic N) is 3. The maximum atomic E-state index is 6.81. The molecule has 3 aromatic heterocycles. The van der Waals surface area contributed by atoms with Gasteiger partial charge in [-0.25, -0.2) is 0 Å². The van der Waals surface area contributed by atoms with Crippen LogP contribution in [0.4, 0.5) is 0 Å². The zero-order chi connectivity index (χ0) is 46.3. The molecule has 7 aromatic carbocycles. The van der Waals surface area contributed by atoms with Crippen LogP contribution in [0.1, 0.15) is 103 Å². The van der Waals surface area contributed by atoms with Crippen molar-refractivity contribution >= 4 is 33.0 Å². The third-order valence-electron chi connectivity index (χ3n) is 12.7. The Bertz CT molecular complexity index is 3280. The van der Waals surface area contributed by atoms with E-state index >= 15 is 0 Å². The molecular formula is C62H59IrN3O-2. The first-order valence-electron chi connectivity index (χ1n) is 23.3. The predicted molar refractivity (Wildman–Crippen MR) is 278 cm³/mol. The second-order valence-electron chi connectivity index (χ2n) is 20.1. The standard InChI is InChI=1S/C47H43N2O.C15H16N.Ir/c1-29(2)39-26-34(31-14-9-8-10-15-31)27-40(30(3)4)44(39)49-42-19-12-11-18-41(42)48-46(49)38-17-13-16-37-36-25-22-33(28-43(36)50-45(37)38)32-20-23-35(24-21-32)47(5,6)7;1-15(2,3)13-9-10-16-14(11-13)12-7-5-4-6-8-12;/h8-16,18-30H,1-7H3;4-7,9-11H,1-3H3;/q2*-1;. The number of aromatic nitrogens is 3. The van der Waals surface area contributed by atoms with Crippen molar-refractivity contribution in [2.75, 3.05) is 0 Å². The van der Waals surface area contributed by atoms with Crippen LogP contribution >= 0.6 is 0 Å². The Hall–Kier alpha value is -6.39. The number of hydrogen-bond donors (Lipinski definition) is 0. The van der Waals surface area contributed by atoms with Crippen LogP contribution in [0.5, 0.6) is 0 Å². The largest absolute Gasteiger partial charge is 0.501 e. The molecule has 0 bridgehead atoms. The number of furan rings is 1. The molecule has 0 aliphatic heterocycles. The van der Waals surface area contributed by atoms with Crippen molar-refractivity contribution in [1.82, 2.24) is 14.5 Å². The van der Waals surface area contributed by atoms with Crippen molar-refractivity contribution in [3.63, 3.8) is 0 Å². The summed E-state index contributed by atoms with van der Waals surface area (Å²) in [5, 5.41) is 2.15. The normalized spacial score (nSPS) is 11.9. The quantitative estimate of drug-likeness (QED) is 0.149. The minimum absolute atomic E-state index is 0. The molecule has 0 aliphatic rings. The zero-order valence-electron chi connectivity index (χ0n) is 40.3. The summed E-state index contributed by atoms with van der Waals surface area (Å²) in [6, 6.07) is 62.4. The van der Waals surface area contributed by atoms with E-state index in [0.29, 0.717) is 0 Å². The van der Waals surface area contributed by atoms with E-state index in [2.05, 4.69) is 218 Å². The second-order valence-corrected chi connectivity index (χ2v) is 20.1. The summed E-state index contributed by atoms with van der Waals surface area (Å²) < 4.78 is 9.18. The molecule has 67 heavy (non-hydrogen) atoms. The molecule has 10 aromatic rings. The van der Waals surface area contributed by atoms with Crippen LogP contribution in [0.3, 0.4) is 0 Å². The molecule has 0 saturated carbocycles. The Balaban J connectivity index is 0.000000303. The molecule has 3 heterocycles. The first-order chi connectivity index (χ1) is 31.7. The Morgan fingerprint density at radius 2 is 1.19 bits per heavy atom. The number of para-hydroxylation sites is 2. The van der Waals surface area contributed by atoms with Crippen molar-refractivity contribution in [2.45, 2.75) is 91.9 Å². The Kier molecular flexibility index (Phi) is 13.4. The van der Waals surface area contributed by atoms with E-state index in [4.69, 9.17) is 9.40 Å². The van der Waals surface area contributed by atoms with Gasteiger partial charge in [-0.05, 0) is 109 Å². The van der Waals surface area contributed by atoms with Crippen molar-refractivity contribution in [1.29, 1.82) is 0 Å². The number of pyridine rings is 1. The average Bonchev–Trinajstić information content (AvgIpc) is 3.90. The molecule has 0 unspecified atom stereocenters. The average molecular weight is 1050 g/mol. The summed E-state index contributed by atoms with van der Waals surface area (Å²) in [5.74, 6) is 1.40. The van der Waals surface area contributed by atoms with E-state index in [-0.39, 0.29) is 42.8 Å². The number of imidazole rings is 1. The maximum absolute atomic E-state index is 6.81. The molecule has 0 amide bonds. The number of fused-ring (bicyclic) bond motifs is 4. The molecule has 4 nitrogen and oxygen atoms in total. The van der Waals surface area contributed by atoms with Crippen LogP contribution in [0.2, 0.25) is 0 Å². The molecule has 339 valence electrons. The van der Waals surface area contributed by atoms with Crippen LogP contribution in [-0.2, 0) is 30.9 Å². The second kappa shape index (κ2) is 19.1. The Morgan fingerprint density at radius 1 is 0.552 bits per heavy atom. The van der Waals surface area contributed by atoms with Crippen LogP contribution in [0, 0.1) is 12.1 Å². The molecule has 0 spiro atoms. The summed E-state index contributed by atoms with van der Waals surface area (Å²) in [7, 11) is 0. The molecule has 0 aliphatic carbocycles. The van der Waals surface area contributed by atoms with Gasteiger partial charge in [-0.15, -0.1) is 54.1 Å². The fraction of sp³-hybridized carbons (Fsp3) is 0.226. The van der Waals surface area contributed by atoms with E-state index in [1.54, 1.807) is 0 Å². The maximum Gasteiger partial charge on any atom is 0.121 e. The van der Waals surface area contributed by atoms with E-state index in [9.17, 15) is 0 Å². The van der Waals surface area contributed by atoms with Gasteiger partial charge < -0.3 is 14.0 Å². The summed E-state index contributed by atoms with van der Waals surface area (Å²) in [6.45, 7) is 22.5. The van der Waals surface area contributed by atoms with E-state index in [0.717, 1.165) is 61.2 Å². The fourth-order valence-corrected chi connectivity index (χ4v) is 8.88. The van der Waals surface area contributed by atoms with Crippen LogP contribution < -0.4 is 0 Å². The summed E-state index contributed by atoms with van der Waals surface area (Å²) >= 11 is 0. The van der Waals surface area contributed by atoms with Crippen LogP contribution in [-0.4, -0.2) is 14.5 Å². The first kappa shape index (κ1) is 47.1. The van der Waals surface area contributed by atoms with Crippen LogP contribution in [0.15, 0.2) is 168 Å². The summed E-state index contributed by atoms with van der Waals surface area (Å²) in [4.78, 5) is 9.72. The minimum atomic E-state index is 0. The van der Waals surface area contributed by atoms with Gasteiger partial charge in [0, 0.05) is 37.4 Å². The zero-order valence-corrected chi connectivity index (χ0v) is 42.7. The van der Waals surface area contributed by atoms with Crippen LogP contribution in [0.25, 0.3) is 83.6 Å². The molecule has 0 saturated heterocycles. The summed E-state index contributed by atoms with van der Waals surface area (Å²) in [6.07, 6.45) is 1.87. The monoisotopic (exact) mass is 1050 g/mol. The van der Waals surface area contributed by atoms with Gasteiger partial charge in [0.2, 0.25) is 0 Å². The number of rotatable bonds is 7. The van der Waals surface area contributed by atoms with E-state index < -0.39 is 0 Å². The van der Waals surface area contributed by atoms with Crippen molar-refractivity contribution in [3.8, 4) is 50.6 Å². The molecular weight excluding hydrogens is 995 g/mol. The first-order valence-corrected chi connectivity index (χ1v) is 23.3. The molecule has 1 radical (unpaired) electrons. The van der Waals surface area contributed by atoms with Gasteiger partial charge in [0.25, 0.3) is 0 Å². The van der Waals surface area contributed by atoms with Gasteiger partial charge in [-0.3, -0.25) is 4.98 Å². The third kappa shape index (κ3) is 9.59. The smallest absolute Gasteiger partial charge is 0.121 e. The SMILES string of the molecule is CC(C)(C)c1ccnc(-c2[c-]cccc2)c1.CC(C)c1cc(-c2ccccc2)cc(C(C)C)c1-n1c(-c2[c-]ccc3c2oc2cc(-c4ccc(C(C)(C)C)cc4)ccc23)nc2ccccc21.[Ir]. The Labute approximate surface area is 410 Å². The topological polar surface area (TPSA) is 43.9 Å². The third-order valence-corrected chi connectivity index (χ3v) is 12.7. The van der Waals surface area contributed by atoms with E-state index in [1.807, 2.05) is 36.5 Å².